The van der Waals surface area contributed by atoms with Crippen molar-refractivity contribution in [3.63, 3.8) is 0 Å². The molecule has 6 rings (SSSR count). The first-order valence-electron chi connectivity index (χ1n) is 22.0. The number of benzene rings is 4. The molecule has 1 aliphatic heterocycles. The molecule has 1 fully saturated rings. The molecule has 0 saturated carbocycles. The van der Waals surface area contributed by atoms with E-state index in [1.54, 1.807) is 25.3 Å². The van der Waals surface area contributed by atoms with Crippen molar-refractivity contribution in [3.05, 3.63) is 114 Å². The molecule has 0 bridgehead atoms. The molecular weight excluding hydrogens is 899 g/mol. The van der Waals surface area contributed by atoms with Crippen molar-refractivity contribution in [2.45, 2.75) is 100 Å². The Kier molecular flexibility index (Phi) is 16.1. The summed E-state index contributed by atoms with van der Waals surface area (Å²) in [6, 6.07) is 28.3. The lowest BCUT2D eigenvalue weighted by molar-refractivity contribution is 0.163. The summed E-state index contributed by atoms with van der Waals surface area (Å²) < 4.78 is 77.9. The van der Waals surface area contributed by atoms with Crippen LogP contribution in [0.15, 0.2) is 107 Å². The van der Waals surface area contributed by atoms with Gasteiger partial charge >= 0.3 is 6.09 Å². The number of carboxylic acid groups (broad SMARTS) is 1. The maximum atomic E-state index is 16.0. The molecule has 5 N–H and O–H groups in total. The molecule has 1 saturated heterocycles. The highest BCUT2D eigenvalue weighted by molar-refractivity contribution is 7.92. The van der Waals surface area contributed by atoms with Crippen LogP contribution in [0.25, 0.3) is 11.4 Å². The number of piperidine rings is 1. The van der Waals surface area contributed by atoms with E-state index in [2.05, 4.69) is 25.3 Å². The molecule has 66 heavy (non-hydrogen) atoms. The predicted octanol–water partition coefficient (Wildman–Crippen LogP) is 6.29. The Bertz CT molecular complexity index is 2590. The molecule has 0 spiro atoms. The third-order valence-corrected chi connectivity index (χ3v) is 20.4. The van der Waals surface area contributed by atoms with Gasteiger partial charge in [-0.05, 0) is 96.5 Å². The van der Waals surface area contributed by atoms with Gasteiger partial charge in [0.2, 0.25) is 25.9 Å². The summed E-state index contributed by atoms with van der Waals surface area (Å²) >= 11 is 0. The topological polar surface area (TPSA) is 224 Å². The van der Waals surface area contributed by atoms with Gasteiger partial charge in [-0.3, -0.25) is 0 Å². The van der Waals surface area contributed by atoms with Crippen molar-refractivity contribution in [1.29, 1.82) is 0 Å². The van der Waals surface area contributed by atoms with Gasteiger partial charge in [-0.1, -0.05) is 93.6 Å². The Labute approximate surface area is 389 Å². The van der Waals surface area contributed by atoms with Crippen LogP contribution in [-0.2, 0) is 44.1 Å². The van der Waals surface area contributed by atoms with Crippen molar-refractivity contribution < 1.29 is 35.9 Å². The first-order chi connectivity index (χ1) is 31.2. The molecule has 4 aromatic carbocycles. The number of anilines is 1. The minimum atomic E-state index is -4.83. The molecule has 0 radical (unpaired) electrons. The minimum absolute atomic E-state index is 0.0235. The van der Waals surface area contributed by atoms with E-state index < -0.39 is 50.4 Å². The monoisotopic (exact) mass is 961 g/mol. The number of amides is 1. The summed E-state index contributed by atoms with van der Waals surface area (Å²) in [6.45, 7) is 12.4. The number of sulfonamides is 2. The zero-order valence-electron chi connectivity index (χ0n) is 38.7. The van der Waals surface area contributed by atoms with Crippen LogP contribution in [0.1, 0.15) is 57.2 Å². The first-order valence-corrected chi connectivity index (χ1v) is 27.8. The first kappa shape index (κ1) is 50.2. The van der Waals surface area contributed by atoms with E-state index in [1.807, 2.05) is 114 Å². The molecule has 17 nitrogen and oxygen atoms in total. The highest BCUT2D eigenvalue weighted by atomic mass is 32.2. The number of carbonyl (C=O) groups is 1. The van der Waals surface area contributed by atoms with Crippen LogP contribution in [0.4, 0.5) is 10.5 Å². The number of hydrogen-bond donors (Lipinski definition) is 4. The van der Waals surface area contributed by atoms with E-state index in [1.165, 1.54) is 15.2 Å². The van der Waals surface area contributed by atoms with E-state index >= 15 is 16.8 Å². The smallest absolute Gasteiger partial charge is 0.404 e. The highest BCUT2D eigenvalue weighted by Crippen LogP contribution is 2.43. The van der Waals surface area contributed by atoms with Gasteiger partial charge < -0.3 is 30.2 Å². The van der Waals surface area contributed by atoms with Crippen LogP contribution in [0.5, 0.6) is 5.75 Å². The van der Waals surface area contributed by atoms with E-state index in [-0.39, 0.29) is 61.1 Å². The number of nitrogens with two attached hydrogens (primary N) is 1. The number of ether oxygens (including phenoxy) is 1. The van der Waals surface area contributed by atoms with Gasteiger partial charge in [0.05, 0.1) is 25.3 Å². The minimum Gasteiger partial charge on any atom is -0.497 e. The van der Waals surface area contributed by atoms with E-state index in [0.29, 0.717) is 42.1 Å². The third kappa shape index (κ3) is 12.2. The van der Waals surface area contributed by atoms with Gasteiger partial charge in [0.25, 0.3) is 0 Å². The van der Waals surface area contributed by atoms with Crippen molar-refractivity contribution in [3.8, 4) is 17.1 Å². The number of aromatic nitrogens is 4. The average molecular weight is 962 g/mol. The average Bonchev–Trinajstić information content (AvgIpc) is 3.75. The van der Waals surface area contributed by atoms with Gasteiger partial charge in [-0.15, -0.1) is 10.2 Å². The maximum Gasteiger partial charge on any atom is 0.404 e. The summed E-state index contributed by atoms with van der Waals surface area (Å²) in [4.78, 5) is 14.0. The molecule has 3 atom stereocenters. The maximum absolute atomic E-state index is 16.0. The van der Waals surface area contributed by atoms with Gasteiger partial charge in [-0.25, -0.2) is 26.4 Å². The number of hydrogen-bond acceptors (Lipinski definition) is 12. The Morgan fingerprint density at radius 2 is 1.55 bits per heavy atom. The second-order valence-electron chi connectivity index (χ2n) is 18.2. The molecule has 20 heteroatoms. The number of nitrogens with zero attached hydrogens (tertiary/aromatic N) is 6. The van der Waals surface area contributed by atoms with Crippen molar-refractivity contribution >= 4 is 40.1 Å². The van der Waals surface area contributed by atoms with E-state index in [4.69, 9.17) is 20.0 Å². The Balaban J connectivity index is 1.58. The van der Waals surface area contributed by atoms with E-state index in [9.17, 15) is 9.90 Å². The summed E-state index contributed by atoms with van der Waals surface area (Å²) in [5, 5.41) is 25.2. The number of methoxy groups -OCH3 is 1. The Hall–Kier alpha value is -5.22. The quantitative estimate of drug-likeness (QED) is 0.0631. The molecule has 1 amide bonds. The highest BCUT2D eigenvalue weighted by Gasteiger charge is 2.42. The van der Waals surface area contributed by atoms with Crippen LogP contribution in [-0.4, -0.2) is 106 Å². The molecular formula is C46H63N9O8S2Si. The largest absolute Gasteiger partial charge is 0.497 e. The number of rotatable bonds is 20. The van der Waals surface area contributed by atoms with Crippen LogP contribution < -0.4 is 25.4 Å². The van der Waals surface area contributed by atoms with Crippen LogP contribution in [0.3, 0.4) is 0 Å². The standard InChI is InChI=1S/C46H63N9O8S2Si/c1-33-26-37(27-47)24-25-54(33)40-22-23-41(64(58,59)49-29-39(28-48-45(56)57)63-66(6,7)46(2,3)4)43(42(40)44-50-52-55(51-44)32-36-18-20-38(62-5)21-19-36)65(60,61)53(30-34-14-10-8-11-15-34)31-35-16-12-9-13-17-35/h8-23,33,37,39,48-49H,24-32,47H2,1-7H3,(H,56,57)/t33?,37?,39-/m1/s1. The van der Waals surface area contributed by atoms with Crippen molar-refractivity contribution in [2.75, 3.05) is 38.2 Å². The second-order valence-corrected chi connectivity index (χ2v) is 26.6. The van der Waals surface area contributed by atoms with Gasteiger partial charge in [0.1, 0.15) is 15.5 Å². The molecule has 2 unspecified atom stereocenters. The van der Waals surface area contributed by atoms with Gasteiger partial charge in [0, 0.05) is 44.5 Å². The fraction of sp³-hybridized carbons (Fsp3) is 0.435. The fourth-order valence-electron chi connectivity index (χ4n) is 7.78. The summed E-state index contributed by atoms with van der Waals surface area (Å²) in [7, 11) is -10.6. The van der Waals surface area contributed by atoms with Crippen molar-refractivity contribution in [2.24, 2.45) is 11.7 Å². The predicted molar refractivity (Wildman–Crippen MR) is 257 cm³/mol. The Morgan fingerprint density at radius 3 is 2.09 bits per heavy atom. The number of tetrazole rings is 1. The van der Waals surface area contributed by atoms with Crippen molar-refractivity contribution in [1.82, 2.24) is 34.6 Å². The summed E-state index contributed by atoms with van der Waals surface area (Å²) in [5.41, 5.74) is 8.71. The lowest BCUT2D eigenvalue weighted by Crippen LogP contribution is -2.50. The van der Waals surface area contributed by atoms with Crippen LogP contribution in [0.2, 0.25) is 18.1 Å². The molecule has 1 aliphatic rings. The summed E-state index contributed by atoms with van der Waals surface area (Å²) in [6.07, 6.45) is -0.807. The summed E-state index contributed by atoms with van der Waals surface area (Å²) in [5.74, 6) is 0.808. The lowest BCUT2D eigenvalue weighted by Gasteiger charge is -2.40. The molecule has 356 valence electrons. The molecule has 0 aliphatic carbocycles. The van der Waals surface area contributed by atoms with Crippen LogP contribution in [0, 0.1) is 5.92 Å². The van der Waals surface area contributed by atoms with Crippen LogP contribution >= 0.6 is 0 Å². The zero-order valence-corrected chi connectivity index (χ0v) is 41.3. The molecule has 5 aromatic rings. The SMILES string of the molecule is COc1ccc(Cn2nnc(-c3c(N4CCC(CN)CC4C)ccc(S(=O)(=O)NC[C@@H](CNC(=O)O)O[Si](C)(C)C(C)(C)C)c3S(=O)(=O)N(Cc3ccccc3)Cc3ccccc3)n2)cc1. The second kappa shape index (κ2) is 21.2. The Morgan fingerprint density at radius 1 is 0.924 bits per heavy atom. The zero-order chi connectivity index (χ0) is 47.9. The third-order valence-electron chi connectivity index (χ3n) is 12.4. The lowest BCUT2D eigenvalue weighted by atomic mass is 9.91. The molecule has 1 aromatic heterocycles. The fourth-order valence-corrected chi connectivity index (χ4v) is 12.6. The number of nitrogens with one attached hydrogen (secondary N) is 2. The van der Waals surface area contributed by atoms with E-state index in [0.717, 1.165) is 12.0 Å². The normalized spacial score (nSPS) is 16.6. The van der Waals surface area contributed by atoms with Gasteiger partial charge in [-0.2, -0.15) is 9.10 Å². The molecule has 2 heterocycles. The van der Waals surface area contributed by atoms with Gasteiger partial charge in [0.15, 0.2) is 8.32 Å².